The lowest BCUT2D eigenvalue weighted by atomic mass is 10.1. The molecule has 6 nitrogen and oxygen atoms in total. The first-order chi connectivity index (χ1) is 12.5. The molecule has 1 N–H and O–H groups in total. The van der Waals surface area contributed by atoms with Gasteiger partial charge in [0.25, 0.3) is 11.8 Å². The summed E-state index contributed by atoms with van der Waals surface area (Å²) in [6.45, 7) is 1.83. The molecule has 1 heterocycles. The van der Waals surface area contributed by atoms with Crippen LogP contribution in [-0.4, -0.2) is 38.1 Å². The lowest BCUT2D eigenvalue weighted by Crippen LogP contribution is -2.51. The summed E-state index contributed by atoms with van der Waals surface area (Å²) in [7, 11) is 1.53. The van der Waals surface area contributed by atoms with Crippen molar-refractivity contribution in [1.82, 2.24) is 5.32 Å². The largest absolute Gasteiger partial charge is 0.482 e. The zero-order valence-electron chi connectivity index (χ0n) is 14.5. The molecule has 0 saturated carbocycles. The van der Waals surface area contributed by atoms with E-state index in [0.29, 0.717) is 22.2 Å². The first-order valence-electron chi connectivity index (χ1n) is 8.16. The predicted octanol–water partition coefficient (Wildman–Crippen LogP) is 2.57. The van der Waals surface area contributed by atoms with Crippen molar-refractivity contribution in [2.75, 3.05) is 25.1 Å². The van der Waals surface area contributed by atoms with Crippen LogP contribution < -0.4 is 19.7 Å². The number of carbonyl (C=O) groups is 2. The third-order valence-corrected chi connectivity index (χ3v) is 4.36. The molecule has 1 aliphatic heterocycles. The fraction of sp³-hybridized carbons (Fsp3) is 0.263. The highest BCUT2D eigenvalue weighted by molar-refractivity contribution is 6.32. The number of halogens is 1. The number of amides is 2. The number of carbonyl (C=O) groups excluding carboxylic acids is 2. The summed E-state index contributed by atoms with van der Waals surface area (Å²) in [5.74, 6) is 0.353. The number of ether oxygens (including phenoxy) is 2. The second-order valence-electron chi connectivity index (χ2n) is 5.92. The van der Waals surface area contributed by atoms with Gasteiger partial charge in [0.05, 0.1) is 17.3 Å². The van der Waals surface area contributed by atoms with Crippen LogP contribution in [0.2, 0.25) is 5.02 Å². The SMILES string of the molecule is CNC(=O)C1CN(C(=O)COc2cc(C)ccc2Cl)c2ccccc2O1. The molecule has 2 aromatic rings. The van der Waals surface area contributed by atoms with E-state index in [9.17, 15) is 9.59 Å². The van der Waals surface area contributed by atoms with E-state index in [-0.39, 0.29) is 25.0 Å². The van der Waals surface area contributed by atoms with Crippen LogP contribution >= 0.6 is 11.6 Å². The first kappa shape index (κ1) is 18.1. The number of benzene rings is 2. The minimum absolute atomic E-state index is 0.112. The Morgan fingerprint density at radius 2 is 2.08 bits per heavy atom. The molecule has 0 aliphatic carbocycles. The molecule has 26 heavy (non-hydrogen) atoms. The second kappa shape index (κ2) is 7.66. The van der Waals surface area contributed by atoms with Gasteiger partial charge in [0, 0.05) is 7.05 Å². The van der Waals surface area contributed by atoms with E-state index in [0.717, 1.165) is 5.56 Å². The van der Waals surface area contributed by atoms with Crippen LogP contribution in [0.1, 0.15) is 5.56 Å². The zero-order chi connectivity index (χ0) is 18.7. The minimum atomic E-state index is -0.776. The molecule has 7 heteroatoms. The van der Waals surface area contributed by atoms with E-state index < -0.39 is 6.10 Å². The molecule has 0 spiro atoms. The van der Waals surface area contributed by atoms with E-state index in [4.69, 9.17) is 21.1 Å². The highest BCUT2D eigenvalue weighted by Gasteiger charge is 2.33. The maximum absolute atomic E-state index is 12.8. The standard InChI is InChI=1S/C19H19ClN2O4/c1-12-7-8-13(20)16(9-12)25-11-18(23)22-10-17(19(24)21-2)26-15-6-4-3-5-14(15)22/h3-9,17H,10-11H2,1-2H3,(H,21,24). The van der Waals surface area contributed by atoms with Gasteiger partial charge in [0.15, 0.2) is 12.7 Å². The van der Waals surface area contributed by atoms with Gasteiger partial charge in [-0.15, -0.1) is 0 Å². The smallest absolute Gasteiger partial charge is 0.265 e. The molecular weight excluding hydrogens is 356 g/mol. The number of hydrogen-bond acceptors (Lipinski definition) is 4. The number of para-hydroxylation sites is 2. The molecule has 0 bridgehead atoms. The van der Waals surface area contributed by atoms with Crippen LogP contribution in [-0.2, 0) is 9.59 Å². The second-order valence-corrected chi connectivity index (χ2v) is 6.32. The Bertz CT molecular complexity index is 840. The maximum Gasteiger partial charge on any atom is 0.265 e. The van der Waals surface area contributed by atoms with Gasteiger partial charge in [0.2, 0.25) is 0 Å². The van der Waals surface area contributed by atoms with Crippen LogP contribution in [0, 0.1) is 6.92 Å². The Hall–Kier alpha value is -2.73. The molecule has 0 saturated heterocycles. The highest BCUT2D eigenvalue weighted by atomic mass is 35.5. The summed E-state index contributed by atoms with van der Waals surface area (Å²) >= 11 is 6.11. The highest BCUT2D eigenvalue weighted by Crippen LogP contribution is 2.33. The van der Waals surface area contributed by atoms with Gasteiger partial charge in [-0.2, -0.15) is 0 Å². The number of nitrogens with one attached hydrogen (secondary N) is 1. The molecule has 136 valence electrons. The van der Waals surface area contributed by atoms with Crippen LogP contribution in [0.25, 0.3) is 0 Å². The third-order valence-electron chi connectivity index (χ3n) is 4.05. The number of fused-ring (bicyclic) bond motifs is 1. The Morgan fingerprint density at radius 3 is 2.85 bits per heavy atom. The molecule has 0 radical (unpaired) electrons. The van der Waals surface area contributed by atoms with Crippen molar-refractivity contribution in [3.63, 3.8) is 0 Å². The minimum Gasteiger partial charge on any atom is -0.482 e. The molecule has 1 atom stereocenters. The summed E-state index contributed by atoms with van der Waals surface area (Å²) in [6.07, 6.45) is -0.776. The lowest BCUT2D eigenvalue weighted by Gasteiger charge is -2.33. The maximum atomic E-state index is 12.8. The fourth-order valence-corrected chi connectivity index (χ4v) is 2.88. The summed E-state index contributed by atoms with van der Waals surface area (Å²) in [5, 5.41) is 2.98. The van der Waals surface area contributed by atoms with E-state index in [1.54, 1.807) is 36.4 Å². The lowest BCUT2D eigenvalue weighted by molar-refractivity contribution is -0.128. The average molecular weight is 375 g/mol. The first-order valence-corrected chi connectivity index (χ1v) is 8.54. The van der Waals surface area contributed by atoms with Gasteiger partial charge >= 0.3 is 0 Å². The van der Waals surface area contributed by atoms with E-state index in [2.05, 4.69) is 5.32 Å². The van der Waals surface area contributed by atoms with Crippen molar-refractivity contribution >= 4 is 29.1 Å². The average Bonchev–Trinajstić information content (AvgIpc) is 2.66. The number of hydrogen-bond donors (Lipinski definition) is 1. The molecular formula is C19H19ClN2O4. The number of nitrogens with zero attached hydrogens (tertiary/aromatic N) is 1. The molecule has 1 aliphatic rings. The van der Waals surface area contributed by atoms with Gasteiger partial charge in [-0.25, -0.2) is 0 Å². The molecule has 0 aromatic heterocycles. The van der Waals surface area contributed by atoms with Crippen LogP contribution in [0.3, 0.4) is 0 Å². The van der Waals surface area contributed by atoms with Crippen LogP contribution in [0.15, 0.2) is 42.5 Å². The zero-order valence-corrected chi connectivity index (χ0v) is 15.2. The third kappa shape index (κ3) is 3.75. The molecule has 2 amide bonds. The fourth-order valence-electron chi connectivity index (χ4n) is 2.71. The Balaban J connectivity index is 1.79. The van der Waals surface area contributed by atoms with Crippen molar-refractivity contribution in [2.45, 2.75) is 13.0 Å². The van der Waals surface area contributed by atoms with Crippen LogP contribution in [0.4, 0.5) is 5.69 Å². The Labute approximate surface area is 156 Å². The van der Waals surface area contributed by atoms with Crippen LogP contribution in [0.5, 0.6) is 11.5 Å². The van der Waals surface area contributed by atoms with Gasteiger partial charge in [-0.05, 0) is 36.8 Å². The van der Waals surface area contributed by atoms with Crippen molar-refractivity contribution in [3.05, 3.63) is 53.1 Å². The number of anilines is 1. The van der Waals surface area contributed by atoms with Gasteiger partial charge in [-0.3, -0.25) is 9.59 Å². The normalized spacial score (nSPS) is 15.7. The summed E-state index contributed by atoms with van der Waals surface area (Å²) in [4.78, 5) is 26.2. The molecule has 3 rings (SSSR count). The topological polar surface area (TPSA) is 67.9 Å². The summed E-state index contributed by atoms with van der Waals surface area (Å²) < 4.78 is 11.3. The van der Waals surface area contributed by atoms with Gasteiger partial charge < -0.3 is 19.7 Å². The van der Waals surface area contributed by atoms with E-state index >= 15 is 0 Å². The van der Waals surface area contributed by atoms with Crippen molar-refractivity contribution < 1.29 is 19.1 Å². The van der Waals surface area contributed by atoms with E-state index in [1.807, 2.05) is 13.0 Å². The van der Waals surface area contributed by atoms with Crippen molar-refractivity contribution in [2.24, 2.45) is 0 Å². The molecule has 2 aromatic carbocycles. The summed E-state index contributed by atoms with van der Waals surface area (Å²) in [6, 6.07) is 12.5. The Kier molecular flexibility index (Phi) is 5.32. The van der Waals surface area contributed by atoms with Gasteiger partial charge in [-0.1, -0.05) is 29.8 Å². The van der Waals surface area contributed by atoms with Crippen molar-refractivity contribution in [3.8, 4) is 11.5 Å². The monoisotopic (exact) mass is 374 g/mol. The summed E-state index contributed by atoms with van der Waals surface area (Å²) in [5.41, 5.74) is 1.59. The number of likely N-dealkylation sites (N-methyl/N-ethyl adjacent to an activating group) is 1. The van der Waals surface area contributed by atoms with Gasteiger partial charge in [0.1, 0.15) is 11.5 Å². The number of rotatable bonds is 4. The molecule has 1 unspecified atom stereocenters. The molecule has 0 fully saturated rings. The number of aryl methyl sites for hydroxylation is 1. The Morgan fingerprint density at radius 1 is 1.31 bits per heavy atom. The van der Waals surface area contributed by atoms with E-state index in [1.165, 1.54) is 11.9 Å². The van der Waals surface area contributed by atoms with Crippen molar-refractivity contribution in [1.29, 1.82) is 0 Å². The predicted molar refractivity (Wildman–Crippen MR) is 99.0 cm³/mol. The quantitative estimate of drug-likeness (QED) is 0.893.